The van der Waals surface area contributed by atoms with E-state index in [1.807, 2.05) is 12.1 Å². The van der Waals surface area contributed by atoms with E-state index < -0.39 is 0 Å². The molecule has 1 N–H and O–H groups in total. The molecule has 1 fully saturated rings. The number of thioether (sulfide) groups is 1. The van der Waals surface area contributed by atoms with Gasteiger partial charge in [0.2, 0.25) is 0 Å². The van der Waals surface area contributed by atoms with Crippen molar-refractivity contribution in [2.75, 3.05) is 64.7 Å². The van der Waals surface area contributed by atoms with Gasteiger partial charge in [0.25, 0.3) is 0 Å². The lowest BCUT2D eigenvalue weighted by molar-refractivity contribution is -0.0937. The molecule has 0 aliphatic carbocycles. The Balaban J connectivity index is 1.85. The number of anilines is 1. The lowest BCUT2D eigenvalue weighted by Crippen LogP contribution is -2.53. The summed E-state index contributed by atoms with van der Waals surface area (Å²) in [5.41, 5.74) is 4.67. The van der Waals surface area contributed by atoms with E-state index in [1.165, 1.54) is 5.69 Å². The van der Waals surface area contributed by atoms with Gasteiger partial charge in [-0.15, -0.1) is 0 Å². The van der Waals surface area contributed by atoms with E-state index in [9.17, 15) is 0 Å². The number of hydrogen-bond donors (Lipinski definition) is 1. The van der Waals surface area contributed by atoms with E-state index in [2.05, 4.69) is 39.4 Å². The Labute approximate surface area is 160 Å². The van der Waals surface area contributed by atoms with Crippen LogP contribution in [0.25, 0.3) is 0 Å². The van der Waals surface area contributed by atoms with Gasteiger partial charge in [0.1, 0.15) is 5.75 Å². The van der Waals surface area contributed by atoms with E-state index >= 15 is 0 Å². The van der Waals surface area contributed by atoms with Crippen molar-refractivity contribution in [3.63, 3.8) is 0 Å². The molecule has 0 aromatic heterocycles. The highest BCUT2D eigenvalue weighted by atomic mass is 32.2. The molecule has 0 bridgehead atoms. The van der Waals surface area contributed by atoms with Crippen LogP contribution in [0.4, 0.5) is 5.69 Å². The van der Waals surface area contributed by atoms with Crippen LogP contribution >= 0.6 is 11.8 Å². The van der Waals surface area contributed by atoms with Crippen LogP contribution in [0.3, 0.4) is 0 Å². The zero-order valence-electron chi connectivity index (χ0n) is 16.1. The Hall–Kier alpha value is -1.48. The van der Waals surface area contributed by atoms with Gasteiger partial charge in [0.05, 0.1) is 13.7 Å². The summed E-state index contributed by atoms with van der Waals surface area (Å²) >= 11 is 1.69. The van der Waals surface area contributed by atoms with Crippen molar-refractivity contribution < 1.29 is 14.2 Å². The highest BCUT2D eigenvalue weighted by molar-refractivity contribution is 8.13. The first-order chi connectivity index (χ1) is 12.7. The lowest BCUT2D eigenvalue weighted by atomic mass is 10.2. The van der Waals surface area contributed by atoms with Gasteiger partial charge >= 0.3 is 0 Å². The number of nitrogens with zero attached hydrogens (tertiary/aromatic N) is 3. The zero-order valence-corrected chi connectivity index (χ0v) is 16.9. The predicted molar refractivity (Wildman–Crippen MR) is 108 cm³/mol. The summed E-state index contributed by atoms with van der Waals surface area (Å²) in [6.45, 7) is 6.37. The summed E-state index contributed by atoms with van der Waals surface area (Å²) in [6, 6.07) is 8.23. The maximum atomic E-state index is 5.23. The third-order valence-corrected chi connectivity index (χ3v) is 4.94. The predicted octanol–water partition coefficient (Wildman–Crippen LogP) is 2.05. The maximum Gasteiger partial charge on any atom is 0.176 e. The summed E-state index contributed by atoms with van der Waals surface area (Å²) in [7, 11) is 4.94. The van der Waals surface area contributed by atoms with Crippen LogP contribution in [0.15, 0.2) is 29.3 Å². The quantitative estimate of drug-likeness (QED) is 0.419. The number of ether oxygens (including phenoxy) is 3. The van der Waals surface area contributed by atoms with Crippen molar-refractivity contribution in [2.45, 2.75) is 13.2 Å². The monoisotopic (exact) mass is 382 g/mol. The van der Waals surface area contributed by atoms with Gasteiger partial charge in [-0.25, -0.2) is 5.01 Å². The van der Waals surface area contributed by atoms with Crippen LogP contribution in [0.2, 0.25) is 0 Å². The molecule has 0 unspecified atom stereocenters. The van der Waals surface area contributed by atoms with Gasteiger partial charge in [0, 0.05) is 46.1 Å². The van der Waals surface area contributed by atoms with Gasteiger partial charge in [-0.1, -0.05) is 18.7 Å². The average Bonchev–Trinajstić information content (AvgIpc) is 2.69. The molecule has 0 saturated carbocycles. The highest BCUT2D eigenvalue weighted by Gasteiger charge is 2.18. The number of rotatable bonds is 8. The molecule has 0 radical (unpaired) electrons. The molecule has 0 spiro atoms. The van der Waals surface area contributed by atoms with E-state index in [0.29, 0.717) is 6.54 Å². The molecule has 0 atom stereocenters. The number of piperazine rings is 1. The normalized spacial score (nSPS) is 16.2. The average molecular weight is 383 g/mol. The molecule has 1 saturated heterocycles. The third-order valence-electron chi connectivity index (χ3n) is 4.16. The molecule has 146 valence electrons. The summed E-state index contributed by atoms with van der Waals surface area (Å²) in [5, 5.41) is 3.13. The molecule has 26 heavy (non-hydrogen) atoms. The first-order valence-electron chi connectivity index (χ1n) is 8.83. The number of amidine groups is 1. The summed E-state index contributed by atoms with van der Waals surface area (Å²) in [5.74, 6) is 1.85. The zero-order chi connectivity index (χ0) is 18.8. The van der Waals surface area contributed by atoms with Crippen LogP contribution in [0, 0.1) is 0 Å². The molecule has 2 rings (SSSR count). The first kappa shape index (κ1) is 20.8. The Morgan fingerprint density at radius 3 is 2.31 bits per heavy atom. The minimum absolute atomic E-state index is 0.309. The topological polar surface area (TPSA) is 58.6 Å². The van der Waals surface area contributed by atoms with E-state index in [1.54, 1.807) is 33.1 Å². The molecule has 0 amide bonds. The second-order valence-electron chi connectivity index (χ2n) is 5.76. The fraction of sp³-hybridized carbons (Fsp3) is 0.611. The van der Waals surface area contributed by atoms with E-state index in [0.717, 1.165) is 42.8 Å². The van der Waals surface area contributed by atoms with Crippen molar-refractivity contribution >= 4 is 22.6 Å². The van der Waals surface area contributed by atoms with Crippen LogP contribution in [-0.4, -0.2) is 76.3 Å². The van der Waals surface area contributed by atoms with Gasteiger partial charge in [-0.05, 0) is 30.0 Å². The number of aliphatic imine (C=N–C) groups is 1. The van der Waals surface area contributed by atoms with Gasteiger partial charge < -0.3 is 19.1 Å². The largest absolute Gasteiger partial charge is 0.497 e. The third kappa shape index (κ3) is 6.35. The Kier molecular flexibility index (Phi) is 9.04. The fourth-order valence-electron chi connectivity index (χ4n) is 2.66. The van der Waals surface area contributed by atoms with Crippen LogP contribution in [-0.2, 0) is 9.47 Å². The SMILES string of the molecule is CCSC(=NCC(OC)OC)NN1CCN(c2ccc(OC)cc2)CC1. The molecule has 7 nitrogen and oxygen atoms in total. The standard InChI is InChI=1S/C18H30N4O3S/c1-5-26-18(19-14-17(24-3)25-4)20-22-12-10-21(11-13-22)15-6-8-16(23-2)9-7-15/h6-9,17H,5,10-14H2,1-4H3,(H,19,20). The van der Waals surface area contributed by atoms with Crippen molar-refractivity contribution in [3.05, 3.63) is 24.3 Å². The second kappa shape index (κ2) is 11.3. The summed E-state index contributed by atoms with van der Waals surface area (Å²) in [6.07, 6.45) is -0.309. The summed E-state index contributed by atoms with van der Waals surface area (Å²) in [4.78, 5) is 6.98. The number of nitrogens with one attached hydrogen (secondary N) is 1. The fourth-order valence-corrected chi connectivity index (χ4v) is 3.29. The van der Waals surface area contributed by atoms with Crippen molar-refractivity contribution in [3.8, 4) is 5.75 Å². The Morgan fingerprint density at radius 2 is 1.77 bits per heavy atom. The Bertz CT molecular complexity index is 544. The molecule has 1 aliphatic rings. The van der Waals surface area contributed by atoms with Crippen molar-refractivity contribution in [2.24, 2.45) is 4.99 Å². The van der Waals surface area contributed by atoms with E-state index in [4.69, 9.17) is 14.2 Å². The molecular weight excluding hydrogens is 352 g/mol. The molecule has 8 heteroatoms. The lowest BCUT2D eigenvalue weighted by Gasteiger charge is -2.36. The number of hydrogen-bond acceptors (Lipinski definition) is 7. The minimum atomic E-state index is -0.309. The van der Waals surface area contributed by atoms with E-state index in [-0.39, 0.29) is 6.29 Å². The number of hydrazine groups is 1. The molecule has 1 aliphatic heterocycles. The van der Waals surface area contributed by atoms with Crippen LogP contribution in [0.5, 0.6) is 5.75 Å². The first-order valence-corrected chi connectivity index (χ1v) is 9.82. The maximum absolute atomic E-state index is 5.23. The molecular formula is C18H30N4O3S. The van der Waals surface area contributed by atoms with Gasteiger partial charge in [0.15, 0.2) is 11.5 Å². The summed E-state index contributed by atoms with van der Waals surface area (Å²) < 4.78 is 15.6. The van der Waals surface area contributed by atoms with Gasteiger partial charge in [-0.2, -0.15) is 0 Å². The minimum Gasteiger partial charge on any atom is -0.497 e. The van der Waals surface area contributed by atoms with Crippen LogP contribution in [0.1, 0.15) is 6.92 Å². The number of methoxy groups -OCH3 is 3. The van der Waals surface area contributed by atoms with Crippen molar-refractivity contribution in [1.29, 1.82) is 0 Å². The number of benzene rings is 1. The molecule has 1 heterocycles. The molecule has 1 aromatic carbocycles. The Morgan fingerprint density at radius 1 is 1.12 bits per heavy atom. The smallest absolute Gasteiger partial charge is 0.176 e. The highest BCUT2D eigenvalue weighted by Crippen LogP contribution is 2.20. The van der Waals surface area contributed by atoms with Crippen molar-refractivity contribution in [1.82, 2.24) is 10.4 Å². The molecule has 1 aromatic rings. The van der Waals surface area contributed by atoms with Gasteiger partial charge in [-0.3, -0.25) is 10.4 Å². The van der Waals surface area contributed by atoms with Crippen LogP contribution < -0.4 is 15.1 Å². The second-order valence-corrected chi connectivity index (χ2v) is 7.02.